The molecule has 0 spiro atoms. The van der Waals surface area contributed by atoms with Gasteiger partial charge in [-0.1, -0.05) is 20.8 Å². The molecule has 0 saturated carbocycles. The van der Waals surface area contributed by atoms with Crippen molar-refractivity contribution >= 4 is 33.5 Å². The number of nitrogens with zero attached hydrogens (tertiary/aromatic N) is 8. The van der Waals surface area contributed by atoms with E-state index in [9.17, 15) is 0 Å². The highest BCUT2D eigenvalue weighted by atomic mass is 32.1. The van der Waals surface area contributed by atoms with Gasteiger partial charge in [-0.3, -0.25) is 4.68 Å². The van der Waals surface area contributed by atoms with Gasteiger partial charge in [0.1, 0.15) is 17.5 Å². The lowest BCUT2D eigenvalue weighted by Gasteiger charge is -2.35. The first-order valence-corrected chi connectivity index (χ1v) is 9.61. The summed E-state index contributed by atoms with van der Waals surface area (Å²) in [4.78, 5) is 18.6. The van der Waals surface area contributed by atoms with Crippen molar-refractivity contribution in [1.82, 2.24) is 29.1 Å². The van der Waals surface area contributed by atoms with Crippen molar-refractivity contribution in [3.05, 3.63) is 17.8 Å². The monoisotopic (exact) mass is 372 g/mol. The quantitative estimate of drug-likeness (QED) is 0.682. The van der Waals surface area contributed by atoms with Crippen molar-refractivity contribution in [3.8, 4) is 0 Å². The fraction of sp³-hybridized carbons (Fsp3) is 0.588. The molecule has 138 valence electrons. The SMILES string of the molecule is Cc1nc(N2CCN(c3nc(C(C)(C)C)ns3)CC2)c2cnn(C)c2n1. The van der Waals surface area contributed by atoms with Gasteiger partial charge in [-0.05, 0) is 6.92 Å². The standard InChI is InChI=1S/C17H24N8S/c1-11-19-13-12(10-18-23(13)5)14(20-11)24-6-8-25(9-7-24)16-21-15(22-26-16)17(2,3)4/h10H,6-9H2,1-5H3. The first-order valence-electron chi connectivity index (χ1n) is 8.83. The average Bonchev–Trinajstić information content (AvgIpc) is 3.22. The van der Waals surface area contributed by atoms with E-state index in [0.29, 0.717) is 0 Å². The van der Waals surface area contributed by atoms with Gasteiger partial charge < -0.3 is 9.80 Å². The number of anilines is 2. The van der Waals surface area contributed by atoms with Gasteiger partial charge in [0.05, 0.1) is 11.6 Å². The van der Waals surface area contributed by atoms with Crippen LogP contribution >= 0.6 is 11.5 Å². The Morgan fingerprint density at radius 2 is 1.69 bits per heavy atom. The normalized spacial score (nSPS) is 15.9. The maximum absolute atomic E-state index is 4.75. The van der Waals surface area contributed by atoms with Crippen LogP contribution in [0, 0.1) is 6.92 Å². The van der Waals surface area contributed by atoms with Gasteiger partial charge in [0.2, 0.25) is 5.13 Å². The van der Waals surface area contributed by atoms with Crippen LogP contribution in [0.1, 0.15) is 32.4 Å². The van der Waals surface area contributed by atoms with Crippen molar-refractivity contribution in [2.45, 2.75) is 33.1 Å². The molecule has 0 bridgehead atoms. The van der Waals surface area contributed by atoms with Crippen LogP contribution < -0.4 is 9.80 Å². The molecular weight excluding hydrogens is 348 g/mol. The van der Waals surface area contributed by atoms with Gasteiger partial charge in [0.25, 0.3) is 0 Å². The maximum Gasteiger partial charge on any atom is 0.205 e. The number of hydrogen-bond donors (Lipinski definition) is 0. The Kier molecular flexibility index (Phi) is 4.06. The van der Waals surface area contributed by atoms with Gasteiger partial charge in [-0.2, -0.15) is 9.47 Å². The zero-order valence-corrected chi connectivity index (χ0v) is 16.7. The Labute approximate surface area is 157 Å². The number of piperazine rings is 1. The van der Waals surface area contributed by atoms with Crippen LogP contribution in [0.4, 0.5) is 10.9 Å². The fourth-order valence-electron chi connectivity index (χ4n) is 3.11. The Morgan fingerprint density at radius 1 is 1.00 bits per heavy atom. The zero-order valence-electron chi connectivity index (χ0n) is 15.9. The molecule has 0 radical (unpaired) electrons. The third-order valence-electron chi connectivity index (χ3n) is 4.62. The fourth-order valence-corrected chi connectivity index (χ4v) is 4.02. The average molecular weight is 373 g/mol. The molecule has 3 aromatic heterocycles. The van der Waals surface area contributed by atoms with Crippen LogP contribution in [-0.4, -0.2) is 55.3 Å². The molecule has 4 rings (SSSR count). The van der Waals surface area contributed by atoms with Crippen molar-refractivity contribution in [2.75, 3.05) is 36.0 Å². The van der Waals surface area contributed by atoms with E-state index in [1.807, 2.05) is 20.2 Å². The molecule has 3 aromatic rings. The van der Waals surface area contributed by atoms with Crippen LogP contribution in [0.2, 0.25) is 0 Å². The lowest BCUT2D eigenvalue weighted by molar-refractivity contribution is 0.553. The molecule has 1 saturated heterocycles. The third-order valence-corrected chi connectivity index (χ3v) is 5.40. The van der Waals surface area contributed by atoms with Crippen LogP contribution in [-0.2, 0) is 12.5 Å². The smallest absolute Gasteiger partial charge is 0.205 e. The second-order valence-electron chi connectivity index (χ2n) is 7.72. The van der Waals surface area contributed by atoms with Gasteiger partial charge in [-0.25, -0.2) is 15.0 Å². The highest BCUT2D eigenvalue weighted by Crippen LogP contribution is 2.28. The Balaban J connectivity index is 1.53. The molecule has 0 amide bonds. The van der Waals surface area contributed by atoms with Gasteiger partial charge in [0, 0.05) is 50.2 Å². The number of fused-ring (bicyclic) bond motifs is 1. The summed E-state index contributed by atoms with van der Waals surface area (Å²) in [6, 6.07) is 0. The first kappa shape index (κ1) is 17.1. The highest BCUT2D eigenvalue weighted by molar-refractivity contribution is 7.09. The Morgan fingerprint density at radius 3 is 2.35 bits per heavy atom. The molecular formula is C17H24N8S. The molecule has 0 N–H and O–H groups in total. The van der Waals surface area contributed by atoms with Crippen LogP contribution in [0.15, 0.2) is 6.20 Å². The summed E-state index contributed by atoms with van der Waals surface area (Å²) in [7, 11) is 1.92. The summed E-state index contributed by atoms with van der Waals surface area (Å²) in [5, 5.41) is 6.37. The molecule has 4 heterocycles. The summed E-state index contributed by atoms with van der Waals surface area (Å²) < 4.78 is 6.34. The van der Waals surface area contributed by atoms with Crippen molar-refractivity contribution < 1.29 is 0 Å². The molecule has 1 aliphatic rings. The molecule has 26 heavy (non-hydrogen) atoms. The summed E-state index contributed by atoms with van der Waals surface area (Å²) >= 11 is 1.50. The van der Waals surface area contributed by atoms with E-state index in [1.165, 1.54) is 11.5 Å². The van der Waals surface area contributed by atoms with Crippen LogP contribution in [0.5, 0.6) is 0 Å². The molecule has 1 aliphatic heterocycles. The molecule has 9 heteroatoms. The second-order valence-corrected chi connectivity index (χ2v) is 8.45. The third kappa shape index (κ3) is 3.00. The number of aromatic nitrogens is 6. The Hall–Kier alpha value is -2.29. The molecule has 0 aromatic carbocycles. The van der Waals surface area contributed by atoms with Gasteiger partial charge in [-0.15, -0.1) is 0 Å². The second kappa shape index (κ2) is 6.15. The number of rotatable bonds is 2. The number of hydrogen-bond acceptors (Lipinski definition) is 8. The lowest BCUT2D eigenvalue weighted by Crippen LogP contribution is -2.47. The van der Waals surface area contributed by atoms with Crippen LogP contribution in [0.25, 0.3) is 11.0 Å². The van der Waals surface area contributed by atoms with E-state index in [1.54, 1.807) is 4.68 Å². The van der Waals surface area contributed by atoms with E-state index >= 15 is 0 Å². The lowest BCUT2D eigenvalue weighted by atomic mass is 9.96. The molecule has 1 fully saturated rings. The molecule has 0 atom stereocenters. The van der Waals surface area contributed by atoms with Crippen molar-refractivity contribution in [3.63, 3.8) is 0 Å². The van der Waals surface area contributed by atoms with E-state index in [4.69, 9.17) is 9.97 Å². The van der Waals surface area contributed by atoms with E-state index in [2.05, 4.69) is 45.0 Å². The summed E-state index contributed by atoms with van der Waals surface area (Å²) in [5.41, 5.74) is 0.870. The van der Waals surface area contributed by atoms with E-state index in [-0.39, 0.29) is 5.41 Å². The minimum absolute atomic E-state index is 0.0129. The first-order chi connectivity index (χ1) is 12.3. The topological polar surface area (TPSA) is 75.9 Å². The molecule has 8 nitrogen and oxygen atoms in total. The summed E-state index contributed by atoms with van der Waals surface area (Å²) in [5.74, 6) is 2.67. The van der Waals surface area contributed by atoms with Gasteiger partial charge >= 0.3 is 0 Å². The van der Waals surface area contributed by atoms with E-state index in [0.717, 1.165) is 59.8 Å². The molecule has 0 aliphatic carbocycles. The van der Waals surface area contributed by atoms with Crippen molar-refractivity contribution in [2.24, 2.45) is 7.05 Å². The largest absolute Gasteiger partial charge is 0.352 e. The zero-order chi connectivity index (χ0) is 18.5. The number of aryl methyl sites for hydroxylation is 2. The summed E-state index contributed by atoms with van der Waals surface area (Å²) in [6.45, 7) is 12.0. The summed E-state index contributed by atoms with van der Waals surface area (Å²) in [6.07, 6.45) is 1.86. The minimum Gasteiger partial charge on any atom is -0.352 e. The van der Waals surface area contributed by atoms with Crippen molar-refractivity contribution in [1.29, 1.82) is 0 Å². The predicted molar refractivity (Wildman–Crippen MR) is 104 cm³/mol. The minimum atomic E-state index is -0.0129. The van der Waals surface area contributed by atoms with Gasteiger partial charge in [0.15, 0.2) is 5.65 Å². The predicted octanol–water partition coefficient (Wildman–Crippen LogP) is 2.15. The maximum atomic E-state index is 4.75. The van der Waals surface area contributed by atoms with E-state index < -0.39 is 0 Å². The molecule has 0 unspecified atom stereocenters. The Bertz CT molecular complexity index is 930. The van der Waals surface area contributed by atoms with Crippen LogP contribution in [0.3, 0.4) is 0 Å². The highest BCUT2D eigenvalue weighted by Gasteiger charge is 2.25.